The van der Waals surface area contributed by atoms with Gasteiger partial charge in [0.1, 0.15) is 10.5 Å². The van der Waals surface area contributed by atoms with Gasteiger partial charge in [-0.15, -0.1) is 0 Å². The lowest BCUT2D eigenvalue weighted by atomic mass is 10.2. The minimum atomic E-state index is -3.41. The molecule has 1 aromatic carbocycles. The quantitative estimate of drug-likeness (QED) is 0.864. The van der Waals surface area contributed by atoms with Gasteiger partial charge < -0.3 is 0 Å². The molecule has 3 nitrogen and oxygen atoms in total. The molecule has 0 fully saturated rings. The van der Waals surface area contributed by atoms with Crippen LogP contribution >= 0.6 is 15.9 Å². The number of sulfonamides is 1. The van der Waals surface area contributed by atoms with Gasteiger partial charge in [-0.2, -0.15) is 0 Å². The number of anilines is 1. The average molecular weight is 282 g/mol. The van der Waals surface area contributed by atoms with Crippen molar-refractivity contribution >= 4 is 31.6 Å². The van der Waals surface area contributed by atoms with Crippen LogP contribution in [0, 0.1) is 12.7 Å². The van der Waals surface area contributed by atoms with E-state index >= 15 is 0 Å². The molecule has 0 aliphatic carbocycles. The maximum Gasteiger partial charge on any atom is 0.242 e. The summed E-state index contributed by atoms with van der Waals surface area (Å²) in [7, 11) is -3.41. The summed E-state index contributed by atoms with van der Waals surface area (Å²) in [5, 5.41) is 0. The van der Waals surface area contributed by atoms with Gasteiger partial charge in [0.25, 0.3) is 0 Å². The fourth-order valence-electron chi connectivity index (χ4n) is 1.00. The number of nitrogens with one attached hydrogen (secondary N) is 1. The third-order valence-corrected chi connectivity index (χ3v) is 4.10. The lowest BCUT2D eigenvalue weighted by Crippen LogP contribution is -2.13. The van der Waals surface area contributed by atoms with Crippen LogP contribution in [-0.2, 0) is 10.0 Å². The molecule has 0 saturated carbocycles. The molecule has 1 rings (SSSR count). The summed E-state index contributed by atoms with van der Waals surface area (Å²) in [6.07, 6.45) is 0. The average Bonchev–Trinajstić information content (AvgIpc) is 2.01. The van der Waals surface area contributed by atoms with Crippen LogP contribution in [0.4, 0.5) is 10.1 Å². The fourth-order valence-corrected chi connectivity index (χ4v) is 1.88. The summed E-state index contributed by atoms with van der Waals surface area (Å²) in [6, 6.07) is 4.02. The van der Waals surface area contributed by atoms with Crippen LogP contribution in [-0.4, -0.2) is 13.1 Å². The van der Waals surface area contributed by atoms with Crippen LogP contribution in [0.5, 0.6) is 0 Å². The highest BCUT2D eigenvalue weighted by atomic mass is 79.9. The van der Waals surface area contributed by atoms with Crippen LogP contribution in [0.1, 0.15) is 5.56 Å². The Hall–Kier alpha value is -0.620. The molecule has 0 heterocycles. The van der Waals surface area contributed by atoms with Crippen LogP contribution in [0.25, 0.3) is 0 Å². The minimum absolute atomic E-state index is 0.213. The normalized spacial score (nSPS) is 11.4. The molecule has 0 bridgehead atoms. The fraction of sp³-hybridized carbons (Fsp3) is 0.250. The maximum absolute atomic E-state index is 12.9. The summed E-state index contributed by atoms with van der Waals surface area (Å²) in [5.74, 6) is -0.461. The summed E-state index contributed by atoms with van der Waals surface area (Å²) >= 11 is 2.82. The van der Waals surface area contributed by atoms with Crippen molar-refractivity contribution in [2.75, 3.05) is 9.38 Å². The molecule has 0 atom stereocenters. The summed E-state index contributed by atoms with van der Waals surface area (Å²) in [4.78, 5) is 0. The van der Waals surface area contributed by atoms with Crippen LogP contribution in [0.2, 0.25) is 0 Å². The molecule has 0 unspecified atom stereocenters. The molecule has 0 saturated heterocycles. The van der Waals surface area contributed by atoms with Crippen molar-refractivity contribution in [2.45, 2.75) is 6.92 Å². The number of hydrogen-bond acceptors (Lipinski definition) is 2. The molecule has 0 aliphatic heterocycles. The van der Waals surface area contributed by atoms with Gasteiger partial charge in [-0.3, -0.25) is 4.72 Å². The van der Waals surface area contributed by atoms with Gasteiger partial charge in [-0.05, 0) is 30.7 Å². The number of aryl methyl sites for hydroxylation is 1. The second-order valence-corrected chi connectivity index (χ2v) is 5.87. The highest BCUT2D eigenvalue weighted by Crippen LogP contribution is 2.15. The van der Waals surface area contributed by atoms with Crippen molar-refractivity contribution in [2.24, 2.45) is 0 Å². The Morgan fingerprint density at radius 1 is 1.43 bits per heavy atom. The highest BCUT2D eigenvalue weighted by Gasteiger charge is 2.08. The van der Waals surface area contributed by atoms with E-state index in [4.69, 9.17) is 0 Å². The Morgan fingerprint density at radius 2 is 2.07 bits per heavy atom. The van der Waals surface area contributed by atoms with Gasteiger partial charge in [-0.1, -0.05) is 15.9 Å². The Labute approximate surface area is 90.5 Å². The van der Waals surface area contributed by atoms with Gasteiger partial charge in [-0.25, -0.2) is 12.8 Å². The molecule has 0 radical (unpaired) electrons. The summed E-state index contributed by atoms with van der Waals surface area (Å²) in [5.41, 5.74) is 0.902. The van der Waals surface area contributed by atoms with Crippen molar-refractivity contribution in [3.8, 4) is 0 Å². The van der Waals surface area contributed by atoms with Crippen molar-refractivity contribution in [1.82, 2.24) is 0 Å². The van der Waals surface area contributed by atoms with Gasteiger partial charge in [0.05, 0.1) is 5.69 Å². The van der Waals surface area contributed by atoms with Gasteiger partial charge >= 0.3 is 0 Å². The van der Waals surface area contributed by atoms with Crippen molar-refractivity contribution in [3.63, 3.8) is 0 Å². The topological polar surface area (TPSA) is 46.2 Å². The van der Waals surface area contributed by atoms with E-state index in [1.807, 2.05) is 0 Å². The SMILES string of the molecule is Cc1cc(F)cc(NS(=O)(=O)CBr)c1. The Morgan fingerprint density at radius 3 is 2.57 bits per heavy atom. The minimum Gasteiger partial charge on any atom is -0.283 e. The zero-order chi connectivity index (χ0) is 10.8. The van der Waals surface area contributed by atoms with Crippen LogP contribution < -0.4 is 4.72 Å². The van der Waals surface area contributed by atoms with E-state index in [0.717, 1.165) is 6.07 Å². The molecular weight excluding hydrogens is 273 g/mol. The standard InChI is InChI=1S/C8H9BrFNO2S/c1-6-2-7(10)4-8(3-6)11-14(12,13)5-9/h2-4,11H,5H2,1H3. The van der Waals surface area contributed by atoms with Crippen LogP contribution in [0.3, 0.4) is 0 Å². The summed E-state index contributed by atoms with van der Waals surface area (Å²) in [6.45, 7) is 1.69. The van der Waals surface area contributed by atoms with Gasteiger partial charge in [0, 0.05) is 0 Å². The first kappa shape index (κ1) is 11.5. The van der Waals surface area contributed by atoms with Gasteiger partial charge in [0.2, 0.25) is 10.0 Å². The lowest BCUT2D eigenvalue weighted by Gasteiger charge is -2.06. The molecule has 78 valence electrons. The van der Waals surface area contributed by atoms with Gasteiger partial charge in [0.15, 0.2) is 0 Å². The highest BCUT2D eigenvalue weighted by molar-refractivity contribution is 9.10. The Kier molecular flexibility index (Phi) is 3.49. The number of rotatable bonds is 3. The molecule has 6 heteroatoms. The first-order valence-electron chi connectivity index (χ1n) is 3.76. The molecule has 0 spiro atoms. The molecule has 14 heavy (non-hydrogen) atoms. The predicted molar refractivity (Wildman–Crippen MR) is 57.5 cm³/mol. The molecule has 1 aromatic rings. The lowest BCUT2D eigenvalue weighted by molar-refractivity contribution is 0.606. The molecule has 0 amide bonds. The van der Waals surface area contributed by atoms with E-state index in [1.54, 1.807) is 13.0 Å². The number of halogens is 2. The Bertz CT molecular complexity index is 413. The Balaban J connectivity index is 2.98. The third-order valence-electron chi connectivity index (χ3n) is 1.46. The number of hydrogen-bond donors (Lipinski definition) is 1. The van der Waals surface area contributed by atoms with Crippen molar-refractivity contribution in [1.29, 1.82) is 0 Å². The number of alkyl halides is 1. The first-order chi connectivity index (χ1) is 6.43. The first-order valence-corrected chi connectivity index (χ1v) is 6.54. The van der Waals surface area contributed by atoms with Crippen LogP contribution in [0.15, 0.2) is 18.2 Å². The van der Waals surface area contributed by atoms with E-state index in [0.29, 0.717) is 5.56 Å². The zero-order valence-electron chi connectivity index (χ0n) is 7.42. The van der Waals surface area contributed by atoms with E-state index in [1.165, 1.54) is 6.07 Å². The molecule has 1 N–H and O–H groups in total. The maximum atomic E-state index is 12.9. The second-order valence-electron chi connectivity index (χ2n) is 2.84. The monoisotopic (exact) mass is 281 g/mol. The van der Waals surface area contributed by atoms with E-state index < -0.39 is 15.8 Å². The van der Waals surface area contributed by atoms with Crippen molar-refractivity contribution < 1.29 is 12.8 Å². The molecule has 0 aromatic heterocycles. The van der Waals surface area contributed by atoms with E-state index in [2.05, 4.69) is 20.7 Å². The van der Waals surface area contributed by atoms with E-state index in [-0.39, 0.29) is 10.3 Å². The largest absolute Gasteiger partial charge is 0.283 e. The zero-order valence-corrected chi connectivity index (χ0v) is 9.82. The van der Waals surface area contributed by atoms with E-state index in [9.17, 15) is 12.8 Å². The third kappa shape index (κ3) is 3.26. The summed E-state index contributed by atoms with van der Waals surface area (Å²) < 4.78 is 37.1. The molecule has 0 aliphatic rings. The predicted octanol–water partition coefficient (Wildman–Crippen LogP) is 2.23. The second kappa shape index (κ2) is 4.27. The smallest absolute Gasteiger partial charge is 0.242 e. The van der Waals surface area contributed by atoms with Crippen molar-refractivity contribution in [3.05, 3.63) is 29.6 Å². The molecular formula is C8H9BrFNO2S. The number of benzene rings is 1.